The van der Waals surface area contributed by atoms with Gasteiger partial charge in [-0.25, -0.2) is 4.98 Å². The van der Waals surface area contributed by atoms with E-state index in [9.17, 15) is 13.2 Å². The van der Waals surface area contributed by atoms with Crippen LogP contribution in [0.3, 0.4) is 0 Å². The molecular weight excluding hydrogens is 540 g/mol. The molecule has 0 fully saturated rings. The molecule has 4 aromatic heterocycles. The summed E-state index contributed by atoms with van der Waals surface area (Å²) in [6.07, 6.45) is 0.387. The summed E-state index contributed by atoms with van der Waals surface area (Å²) < 4.78 is 37.6. The van der Waals surface area contributed by atoms with Gasteiger partial charge in [-0.3, -0.25) is 4.98 Å². The summed E-state index contributed by atoms with van der Waals surface area (Å²) in [6.45, 7) is 0. The average molecular weight is 551 g/mol. The Morgan fingerprint density at radius 3 is 2.19 bits per heavy atom. The minimum Gasteiger partial charge on any atom is -0.582 e. The van der Waals surface area contributed by atoms with E-state index in [2.05, 4.69) is 30.4 Å². The Bertz CT molecular complexity index is 922. The molecule has 6 nitrogen and oxygen atoms in total. The van der Waals surface area contributed by atoms with Crippen molar-refractivity contribution in [1.82, 2.24) is 30.4 Å². The van der Waals surface area contributed by atoms with Gasteiger partial charge in [0.2, 0.25) is 0 Å². The van der Waals surface area contributed by atoms with E-state index in [1.165, 1.54) is 0 Å². The molecule has 0 saturated heterocycles. The minimum absolute atomic E-state index is 0. The number of hydrogen-bond acceptors (Lipinski definition) is 4. The van der Waals surface area contributed by atoms with Gasteiger partial charge in [0.25, 0.3) is 0 Å². The van der Waals surface area contributed by atoms with E-state index in [4.69, 9.17) is 0 Å². The second kappa shape index (κ2) is 9.23. The van der Waals surface area contributed by atoms with Crippen LogP contribution in [0.5, 0.6) is 0 Å². The van der Waals surface area contributed by atoms with E-state index in [0.717, 1.165) is 6.07 Å². The number of rotatable bonds is 2. The summed E-state index contributed by atoms with van der Waals surface area (Å²) in [5, 5.41) is 13.6. The van der Waals surface area contributed by atoms with Gasteiger partial charge in [0, 0.05) is 12.4 Å². The van der Waals surface area contributed by atoms with Crippen molar-refractivity contribution in [1.29, 1.82) is 0 Å². The average Bonchev–Trinajstić information content (AvgIpc) is 3.37. The van der Waals surface area contributed by atoms with Gasteiger partial charge in [0.05, 0.1) is 17.1 Å². The first-order valence-electron chi connectivity index (χ1n) is 7.39. The molecule has 0 radical (unpaired) electrons. The van der Waals surface area contributed by atoms with Crippen LogP contribution < -0.4 is 10.2 Å². The molecule has 0 bridgehead atoms. The summed E-state index contributed by atoms with van der Waals surface area (Å²) >= 11 is 0. The molecule has 0 aliphatic carbocycles. The minimum atomic E-state index is -4.51. The van der Waals surface area contributed by atoms with Crippen LogP contribution in [-0.2, 0) is 27.2 Å². The van der Waals surface area contributed by atoms with Crippen LogP contribution in [0.25, 0.3) is 22.8 Å². The van der Waals surface area contributed by atoms with E-state index < -0.39 is 11.9 Å². The number of halogens is 3. The van der Waals surface area contributed by atoms with Gasteiger partial charge in [-0.15, -0.1) is 0 Å². The number of hydrogen-bond donors (Lipinski definition) is 0. The van der Waals surface area contributed by atoms with Gasteiger partial charge in [-0.05, 0) is 30.3 Å². The molecule has 140 valence electrons. The molecule has 4 heterocycles. The van der Waals surface area contributed by atoms with Crippen molar-refractivity contribution in [3.8, 4) is 22.8 Å². The Morgan fingerprint density at radius 1 is 0.852 bits per heavy atom. The Kier molecular flexibility index (Phi) is 7.01. The van der Waals surface area contributed by atoms with E-state index in [1.54, 1.807) is 61.1 Å². The Balaban J connectivity index is 0.000000379. The maximum absolute atomic E-state index is 12.5. The molecule has 0 aliphatic heterocycles. The molecule has 4 rings (SSSR count). The van der Waals surface area contributed by atoms with Gasteiger partial charge in [0.15, 0.2) is 0 Å². The first kappa shape index (κ1) is 20.5. The van der Waals surface area contributed by atoms with Crippen LogP contribution in [0.4, 0.5) is 13.2 Å². The summed E-state index contributed by atoms with van der Waals surface area (Å²) in [5.74, 6) is 0. The predicted octanol–water partition coefficient (Wildman–Crippen LogP) is 3.22. The van der Waals surface area contributed by atoms with Gasteiger partial charge in [0.1, 0.15) is 5.69 Å². The molecule has 27 heavy (non-hydrogen) atoms. The third-order valence-electron chi connectivity index (χ3n) is 3.14. The molecule has 0 aromatic carbocycles. The van der Waals surface area contributed by atoms with Crippen molar-refractivity contribution in [3.63, 3.8) is 0 Å². The Morgan fingerprint density at radius 2 is 1.63 bits per heavy atom. The van der Waals surface area contributed by atoms with E-state index in [-0.39, 0.29) is 26.8 Å². The molecule has 0 unspecified atom stereocenters. The van der Waals surface area contributed by atoms with Crippen molar-refractivity contribution in [2.75, 3.05) is 0 Å². The summed E-state index contributed by atoms with van der Waals surface area (Å²) in [6, 6.07) is 13.0. The van der Waals surface area contributed by atoms with Crippen molar-refractivity contribution in [2.45, 2.75) is 6.18 Å². The van der Waals surface area contributed by atoms with Crippen LogP contribution in [0.15, 0.2) is 67.1 Å². The molecular formula is C17H11F3N6Pt. The quantitative estimate of drug-likeness (QED) is 0.381. The zero-order chi connectivity index (χ0) is 18.4. The Hall–Kier alpha value is -2.80. The van der Waals surface area contributed by atoms with Gasteiger partial charge in [-0.2, -0.15) is 19.4 Å². The molecule has 0 atom stereocenters. The van der Waals surface area contributed by atoms with E-state index in [0.29, 0.717) is 17.1 Å². The zero-order valence-electron chi connectivity index (χ0n) is 13.5. The van der Waals surface area contributed by atoms with Gasteiger partial charge < -0.3 is 20.4 Å². The molecule has 10 heteroatoms. The number of nitrogens with zero attached hydrogens (tertiary/aromatic N) is 6. The second-order valence-electron chi connectivity index (χ2n) is 4.96. The third-order valence-corrected chi connectivity index (χ3v) is 3.14. The van der Waals surface area contributed by atoms with E-state index >= 15 is 0 Å². The van der Waals surface area contributed by atoms with E-state index in [1.807, 2.05) is 0 Å². The topological polar surface area (TPSA) is 79.8 Å². The second-order valence-corrected chi connectivity index (χ2v) is 4.96. The van der Waals surface area contributed by atoms with Crippen molar-refractivity contribution < 1.29 is 34.2 Å². The maximum Gasteiger partial charge on any atom is 2.00 e. The van der Waals surface area contributed by atoms with Crippen LogP contribution in [-0.4, -0.2) is 20.2 Å². The smallest absolute Gasteiger partial charge is 0.582 e. The van der Waals surface area contributed by atoms with Crippen molar-refractivity contribution in [3.05, 3.63) is 72.8 Å². The molecule has 0 amide bonds. The monoisotopic (exact) mass is 551 g/mol. The van der Waals surface area contributed by atoms with Gasteiger partial charge in [-0.1, -0.05) is 23.9 Å². The molecule has 4 aromatic rings. The largest absolute Gasteiger partial charge is 2.00 e. The predicted molar refractivity (Wildman–Crippen MR) is 86.6 cm³/mol. The van der Waals surface area contributed by atoms with Crippen LogP contribution in [0, 0.1) is 0 Å². The number of pyridine rings is 2. The summed E-state index contributed by atoms with van der Waals surface area (Å²) in [5.41, 5.74) is 0.573. The molecule has 0 aliphatic rings. The molecule has 0 N–H and O–H groups in total. The Labute approximate surface area is 166 Å². The van der Waals surface area contributed by atoms with Crippen LogP contribution >= 0.6 is 0 Å². The maximum atomic E-state index is 12.5. The standard InChI is InChI=1S/C14H8F3N4.C3H3N2.Pt/c15-14(16,17)13-8-12(20-21-13)11-6-3-5-10(19-11)9-4-1-2-7-18-9;1-2-4-5-3-1;/h1-8H;1-3H;/q2*-1;+2. The van der Waals surface area contributed by atoms with Crippen molar-refractivity contribution >= 4 is 0 Å². The van der Waals surface area contributed by atoms with Crippen molar-refractivity contribution in [2.24, 2.45) is 0 Å². The third kappa shape index (κ3) is 5.59. The number of aromatic nitrogens is 6. The fourth-order valence-corrected chi connectivity index (χ4v) is 1.99. The number of alkyl halides is 3. The normalized spacial score (nSPS) is 10.5. The summed E-state index contributed by atoms with van der Waals surface area (Å²) in [7, 11) is 0. The molecule has 0 spiro atoms. The zero-order valence-corrected chi connectivity index (χ0v) is 15.8. The van der Waals surface area contributed by atoms with Gasteiger partial charge >= 0.3 is 27.2 Å². The first-order chi connectivity index (χ1) is 12.5. The summed E-state index contributed by atoms with van der Waals surface area (Å²) in [4.78, 5) is 8.43. The SMILES string of the molecule is FC(F)(F)c1cc(-c2cccc(-c3ccccn3)n2)[n-]n1.[Pt+2].c1cn[n-]c1. The fourth-order valence-electron chi connectivity index (χ4n) is 1.99. The first-order valence-corrected chi connectivity index (χ1v) is 7.39. The van der Waals surface area contributed by atoms with Crippen LogP contribution in [0.1, 0.15) is 5.69 Å². The fraction of sp³-hybridized carbons (Fsp3) is 0.0588. The molecule has 0 saturated carbocycles. The van der Waals surface area contributed by atoms with Crippen LogP contribution in [0.2, 0.25) is 0 Å².